The summed E-state index contributed by atoms with van der Waals surface area (Å²) in [7, 11) is 1.57. The van der Waals surface area contributed by atoms with Gasteiger partial charge < -0.3 is 20.5 Å². The molecule has 2 aromatic carbocycles. The number of nitrogens with zero attached hydrogens (tertiary/aromatic N) is 3. The van der Waals surface area contributed by atoms with Crippen molar-refractivity contribution < 1.29 is 32.6 Å². The maximum atomic E-state index is 13.2. The molecule has 9 nitrogen and oxygen atoms in total. The SMILES string of the molecule is COc1ccc(CNc2ccc3ncc(C(=O)Nc4cc(C(=O)O)cc(C(F)(F)F)c4)n3n2)cc1. The van der Waals surface area contributed by atoms with Crippen LogP contribution in [-0.4, -0.2) is 38.7 Å². The number of aromatic carboxylic acids is 1. The van der Waals surface area contributed by atoms with Crippen molar-refractivity contribution in [1.29, 1.82) is 0 Å². The number of anilines is 2. The molecule has 0 fully saturated rings. The van der Waals surface area contributed by atoms with Crippen molar-refractivity contribution in [3.05, 3.63) is 83.2 Å². The Hall–Kier alpha value is -4.61. The van der Waals surface area contributed by atoms with Gasteiger partial charge >= 0.3 is 12.1 Å². The number of carbonyl (C=O) groups is 2. The van der Waals surface area contributed by atoms with Crippen LogP contribution in [0.2, 0.25) is 0 Å². The van der Waals surface area contributed by atoms with E-state index >= 15 is 0 Å². The molecule has 0 radical (unpaired) electrons. The number of rotatable bonds is 7. The summed E-state index contributed by atoms with van der Waals surface area (Å²) in [5, 5.41) is 18.9. The number of alkyl halides is 3. The van der Waals surface area contributed by atoms with E-state index in [2.05, 4.69) is 20.7 Å². The van der Waals surface area contributed by atoms with Crippen molar-refractivity contribution in [1.82, 2.24) is 14.6 Å². The smallest absolute Gasteiger partial charge is 0.416 e. The third-order valence-electron chi connectivity index (χ3n) is 4.99. The van der Waals surface area contributed by atoms with Crippen molar-refractivity contribution >= 4 is 29.0 Å². The average molecular weight is 485 g/mol. The van der Waals surface area contributed by atoms with Crippen LogP contribution in [0.1, 0.15) is 32.0 Å². The molecule has 0 saturated carbocycles. The molecule has 0 aliphatic carbocycles. The van der Waals surface area contributed by atoms with Gasteiger partial charge in [-0.3, -0.25) is 4.79 Å². The molecule has 0 unspecified atom stereocenters. The van der Waals surface area contributed by atoms with Gasteiger partial charge in [0.2, 0.25) is 0 Å². The minimum Gasteiger partial charge on any atom is -0.497 e. The number of carboxylic acids is 1. The Kier molecular flexibility index (Phi) is 6.28. The molecule has 0 aliphatic rings. The predicted octanol–water partition coefficient (Wildman–Crippen LogP) is 4.32. The highest BCUT2D eigenvalue weighted by Crippen LogP contribution is 2.32. The van der Waals surface area contributed by atoms with Crippen LogP contribution in [0.25, 0.3) is 5.65 Å². The monoisotopic (exact) mass is 485 g/mol. The highest BCUT2D eigenvalue weighted by molar-refractivity contribution is 6.04. The Bertz CT molecular complexity index is 1400. The van der Waals surface area contributed by atoms with Crippen LogP contribution in [0.4, 0.5) is 24.7 Å². The van der Waals surface area contributed by atoms with Gasteiger partial charge in [0.25, 0.3) is 5.91 Å². The van der Waals surface area contributed by atoms with Crippen LogP contribution in [0.15, 0.2) is 60.8 Å². The summed E-state index contributed by atoms with van der Waals surface area (Å²) in [5.41, 5.74) is -0.908. The zero-order valence-corrected chi connectivity index (χ0v) is 18.1. The number of hydrogen-bond acceptors (Lipinski definition) is 6. The molecule has 0 saturated heterocycles. The van der Waals surface area contributed by atoms with Gasteiger partial charge in [-0.25, -0.2) is 14.3 Å². The van der Waals surface area contributed by atoms with Crippen molar-refractivity contribution in [2.24, 2.45) is 0 Å². The fraction of sp³-hybridized carbons (Fsp3) is 0.130. The summed E-state index contributed by atoms with van der Waals surface area (Å²) in [6, 6.07) is 12.8. The molecule has 0 bridgehead atoms. The summed E-state index contributed by atoms with van der Waals surface area (Å²) in [6.07, 6.45) is -3.57. The summed E-state index contributed by atoms with van der Waals surface area (Å²) in [6.45, 7) is 0.431. The average Bonchev–Trinajstić information content (AvgIpc) is 3.25. The number of imidazole rings is 1. The first-order valence-electron chi connectivity index (χ1n) is 10.1. The molecule has 180 valence electrons. The Morgan fingerprint density at radius 2 is 1.83 bits per heavy atom. The fourth-order valence-electron chi connectivity index (χ4n) is 3.24. The standard InChI is InChI=1S/C23H18F3N5O4/c1-35-17-4-2-13(3-5-17)11-27-19-6-7-20-28-12-18(31(20)30-19)21(32)29-16-9-14(22(33)34)8-15(10-16)23(24,25)26/h2-10,12H,11H2,1H3,(H,27,30)(H,29,32)(H,33,34). The van der Waals surface area contributed by atoms with E-state index in [4.69, 9.17) is 9.84 Å². The van der Waals surface area contributed by atoms with Gasteiger partial charge in [-0.15, -0.1) is 5.10 Å². The lowest BCUT2D eigenvalue weighted by Gasteiger charge is -2.12. The number of aromatic nitrogens is 3. The molecule has 4 rings (SSSR count). The minimum absolute atomic E-state index is 0.0533. The summed E-state index contributed by atoms with van der Waals surface area (Å²) < 4.78 is 45.9. The zero-order valence-electron chi connectivity index (χ0n) is 18.1. The largest absolute Gasteiger partial charge is 0.497 e. The third kappa shape index (κ3) is 5.32. The number of carbonyl (C=O) groups excluding carboxylic acids is 1. The molecule has 2 heterocycles. The maximum absolute atomic E-state index is 13.2. The lowest BCUT2D eigenvalue weighted by Crippen LogP contribution is -2.17. The van der Waals surface area contributed by atoms with Crippen LogP contribution in [0.5, 0.6) is 5.75 Å². The Morgan fingerprint density at radius 3 is 2.49 bits per heavy atom. The molecular weight excluding hydrogens is 467 g/mol. The number of methoxy groups -OCH3 is 1. The molecule has 0 atom stereocenters. The Labute approximate surface area is 196 Å². The molecule has 0 aliphatic heterocycles. The van der Waals surface area contributed by atoms with Gasteiger partial charge in [0.05, 0.1) is 24.4 Å². The molecule has 1 amide bonds. The van der Waals surface area contributed by atoms with E-state index in [0.29, 0.717) is 30.1 Å². The lowest BCUT2D eigenvalue weighted by atomic mass is 10.1. The van der Waals surface area contributed by atoms with Crippen LogP contribution in [0.3, 0.4) is 0 Å². The number of carboxylic acid groups (broad SMARTS) is 1. The van der Waals surface area contributed by atoms with Gasteiger partial charge in [0.1, 0.15) is 11.6 Å². The number of halogens is 3. The topological polar surface area (TPSA) is 118 Å². The van der Waals surface area contributed by atoms with E-state index < -0.39 is 29.2 Å². The van der Waals surface area contributed by atoms with Gasteiger partial charge in [0.15, 0.2) is 11.3 Å². The summed E-state index contributed by atoms with van der Waals surface area (Å²) in [4.78, 5) is 28.1. The first kappa shape index (κ1) is 23.5. The quantitative estimate of drug-likeness (QED) is 0.357. The van der Waals surface area contributed by atoms with Crippen molar-refractivity contribution in [3.63, 3.8) is 0 Å². The van der Waals surface area contributed by atoms with Gasteiger partial charge in [-0.05, 0) is 48.0 Å². The fourth-order valence-corrected chi connectivity index (χ4v) is 3.24. The number of benzene rings is 2. The summed E-state index contributed by atoms with van der Waals surface area (Å²) >= 11 is 0. The summed E-state index contributed by atoms with van der Waals surface area (Å²) in [5.74, 6) is -1.23. The molecule has 2 aromatic heterocycles. The van der Waals surface area contributed by atoms with Crippen LogP contribution in [-0.2, 0) is 12.7 Å². The predicted molar refractivity (Wildman–Crippen MR) is 120 cm³/mol. The van der Waals surface area contributed by atoms with E-state index in [1.807, 2.05) is 24.3 Å². The second-order valence-corrected chi connectivity index (χ2v) is 7.39. The molecule has 12 heteroatoms. The third-order valence-corrected chi connectivity index (χ3v) is 4.99. The van der Waals surface area contributed by atoms with E-state index in [9.17, 15) is 22.8 Å². The van der Waals surface area contributed by atoms with Crippen molar-refractivity contribution in [3.8, 4) is 5.75 Å². The lowest BCUT2D eigenvalue weighted by molar-refractivity contribution is -0.137. The van der Waals surface area contributed by atoms with Gasteiger partial charge in [-0.1, -0.05) is 12.1 Å². The Balaban J connectivity index is 1.56. The molecule has 0 spiro atoms. The van der Waals surface area contributed by atoms with Crippen LogP contribution < -0.4 is 15.4 Å². The van der Waals surface area contributed by atoms with Crippen molar-refractivity contribution in [2.45, 2.75) is 12.7 Å². The highest BCUT2D eigenvalue weighted by atomic mass is 19.4. The minimum atomic E-state index is -4.79. The van der Waals surface area contributed by atoms with E-state index in [1.165, 1.54) is 10.7 Å². The highest BCUT2D eigenvalue weighted by Gasteiger charge is 2.32. The van der Waals surface area contributed by atoms with Gasteiger partial charge in [-0.2, -0.15) is 13.2 Å². The molecular formula is C23H18F3N5O4. The number of amides is 1. The van der Waals surface area contributed by atoms with Crippen molar-refractivity contribution in [2.75, 3.05) is 17.7 Å². The Morgan fingerprint density at radius 1 is 1.09 bits per heavy atom. The molecule has 35 heavy (non-hydrogen) atoms. The maximum Gasteiger partial charge on any atom is 0.416 e. The van der Waals surface area contributed by atoms with E-state index in [1.54, 1.807) is 19.2 Å². The first-order valence-corrected chi connectivity index (χ1v) is 10.1. The second-order valence-electron chi connectivity index (χ2n) is 7.39. The van der Waals surface area contributed by atoms with Crippen LogP contribution >= 0.6 is 0 Å². The number of ether oxygens (including phenoxy) is 1. The molecule has 4 aromatic rings. The second kappa shape index (κ2) is 9.33. The van der Waals surface area contributed by atoms with Crippen LogP contribution in [0, 0.1) is 0 Å². The molecule has 3 N–H and O–H groups in total. The first-order chi connectivity index (χ1) is 16.6. The zero-order chi connectivity index (χ0) is 25.2. The number of fused-ring (bicyclic) bond motifs is 1. The van der Waals surface area contributed by atoms with E-state index in [0.717, 1.165) is 17.4 Å². The number of hydrogen-bond donors (Lipinski definition) is 3. The number of nitrogens with one attached hydrogen (secondary N) is 2. The van der Waals surface area contributed by atoms with Gasteiger partial charge in [0, 0.05) is 12.2 Å². The normalized spacial score (nSPS) is 11.3. The van der Waals surface area contributed by atoms with E-state index in [-0.39, 0.29) is 11.4 Å².